The van der Waals surface area contributed by atoms with E-state index < -0.39 is 26.8 Å². The van der Waals surface area contributed by atoms with Crippen molar-refractivity contribution in [1.82, 2.24) is 0 Å². The quantitative estimate of drug-likeness (QED) is 0.651. The van der Waals surface area contributed by atoms with Crippen LogP contribution in [0.1, 0.15) is 19.3 Å². The fraction of sp³-hybridized carbons (Fsp3) is 0.889. The molecule has 15 heavy (non-hydrogen) atoms. The van der Waals surface area contributed by atoms with Crippen LogP contribution < -0.4 is 0 Å². The predicted molar refractivity (Wildman–Crippen MR) is 51.9 cm³/mol. The molecule has 0 aromatic rings. The number of sulfone groups is 1. The highest BCUT2D eigenvalue weighted by molar-refractivity contribution is 7.91. The van der Waals surface area contributed by atoms with Crippen LogP contribution in [0.4, 0.5) is 0 Å². The second kappa shape index (κ2) is 2.95. The smallest absolute Gasteiger partial charge is 0.314 e. The van der Waals surface area contributed by atoms with Gasteiger partial charge in [0.05, 0.1) is 29.6 Å². The van der Waals surface area contributed by atoms with Crippen molar-refractivity contribution in [3.63, 3.8) is 0 Å². The van der Waals surface area contributed by atoms with Crippen molar-refractivity contribution in [2.75, 3.05) is 18.6 Å². The Bertz CT molecular complexity index is 395. The summed E-state index contributed by atoms with van der Waals surface area (Å²) in [6.07, 6.45) is 1.18. The Morgan fingerprint density at radius 1 is 1.33 bits per heavy atom. The molecule has 0 spiro atoms. The van der Waals surface area contributed by atoms with Gasteiger partial charge in [-0.15, -0.1) is 0 Å². The van der Waals surface area contributed by atoms with Crippen LogP contribution in [0.25, 0.3) is 0 Å². The van der Waals surface area contributed by atoms with Gasteiger partial charge in [-0.05, 0) is 19.3 Å². The first-order valence-electron chi connectivity index (χ1n) is 4.87. The second-order valence-corrected chi connectivity index (χ2v) is 6.63. The zero-order chi connectivity index (χ0) is 11.3. The number of ether oxygens (including phenoxy) is 1. The van der Waals surface area contributed by atoms with Crippen LogP contribution in [0.15, 0.2) is 0 Å². The van der Waals surface area contributed by atoms with Crippen LogP contribution in [0.2, 0.25) is 0 Å². The molecule has 2 fully saturated rings. The summed E-state index contributed by atoms with van der Waals surface area (Å²) in [4.78, 5) is 11.5. The van der Waals surface area contributed by atoms with E-state index in [9.17, 15) is 18.3 Å². The lowest BCUT2D eigenvalue weighted by Crippen LogP contribution is -2.46. The molecule has 1 heterocycles. The first-order chi connectivity index (χ1) is 6.85. The van der Waals surface area contributed by atoms with Gasteiger partial charge in [0.1, 0.15) is 0 Å². The predicted octanol–water partition coefficient (Wildman–Crippen LogP) is -0.511. The molecule has 5 nitrogen and oxygen atoms in total. The molecule has 0 aromatic heterocycles. The Labute approximate surface area is 88.3 Å². The summed E-state index contributed by atoms with van der Waals surface area (Å²) in [5, 5.41) is 10.2. The Balaban J connectivity index is 2.28. The molecule has 1 unspecified atom stereocenters. The maximum Gasteiger partial charge on any atom is 0.314 e. The third kappa shape index (κ3) is 1.47. The number of rotatable bonds is 2. The third-order valence-corrected chi connectivity index (χ3v) is 5.25. The standard InChI is InChI=1S/C9H14O5S/c1-14-7(10)8(2-3-8)9(11)4-5-15(12,13)6-9/h11H,2-6H2,1H3. The van der Waals surface area contributed by atoms with Gasteiger partial charge in [0, 0.05) is 0 Å². The van der Waals surface area contributed by atoms with E-state index in [0.717, 1.165) is 0 Å². The fourth-order valence-corrected chi connectivity index (χ4v) is 4.33. The van der Waals surface area contributed by atoms with Crippen molar-refractivity contribution in [3.8, 4) is 0 Å². The molecule has 1 saturated carbocycles. The van der Waals surface area contributed by atoms with Crippen molar-refractivity contribution in [3.05, 3.63) is 0 Å². The lowest BCUT2D eigenvalue weighted by molar-refractivity contribution is -0.157. The summed E-state index contributed by atoms with van der Waals surface area (Å²) in [6, 6.07) is 0. The number of esters is 1. The van der Waals surface area contributed by atoms with E-state index in [-0.39, 0.29) is 17.9 Å². The fourth-order valence-electron chi connectivity index (χ4n) is 2.39. The summed E-state index contributed by atoms with van der Waals surface area (Å²) in [6.45, 7) is 0. The maximum absolute atomic E-state index is 11.5. The Kier molecular flexibility index (Phi) is 2.14. The minimum absolute atomic E-state index is 0.0394. The highest BCUT2D eigenvalue weighted by atomic mass is 32.2. The molecule has 1 N–H and O–H groups in total. The van der Waals surface area contributed by atoms with E-state index in [0.29, 0.717) is 12.8 Å². The van der Waals surface area contributed by atoms with Crippen molar-refractivity contribution >= 4 is 15.8 Å². The summed E-state index contributed by atoms with van der Waals surface area (Å²) < 4.78 is 27.3. The zero-order valence-corrected chi connectivity index (χ0v) is 9.34. The number of hydrogen-bond acceptors (Lipinski definition) is 5. The summed E-state index contributed by atoms with van der Waals surface area (Å²) in [5.41, 5.74) is -2.36. The molecule has 6 heteroatoms. The van der Waals surface area contributed by atoms with E-state index in [4.69, 9.17) is 0 Å². The van der Waals surface area contributed by atoms with E-state index in [1.807, 2.05) is 0 Å². The first kappa shape index (κ1) is 10.9. The van der Waals surface area contributed by atoms with Crippen molar-refractivity contribution in [2.24, 2.45) is 5.41 Å². The molecule has 2 rings (SSSR count). The molecule has 86 valence electrons. The Morgan fingerprint density at radius 2 is 1.93 bits per heavy atom. The highest BCUT2D eigenvalue weighted by Crippen LogP contribution is 2.58. The SMILES string of the molecule is COC(=O)C1(C2(O)CCS(=O)(=O)C2)CC1. The Morgan fingerprint density at radius 3 is 2.27 bits per heavy atom. The van der Waals surface area contributed by atoms with Crippen LogP contribution in [-0.2, 0) is 19.4 Å². The third-order valence-electron chi connectivity index (χ3n) is 3.50. The summed E-state index contributed by atoms with van der Waals surface area (Å²) in [7, 11) is -1.94. The van der Waals surface area contributed by atoms with Crippen LogP contribution in [0.3, 0.4) is 0 Å². The van der Waals surface area contributed by atoms with E-state index in [1.165, 1.54) is 7.11 Å². The van der Waals surface area contributed by atoms with Gasteiger partial charge in [0.2, 0.25) is 0 Å². The molecule has 1 aliphatic heterocycles. The largest absolute Gasteiger partial charge is 0.469 e. The van der Waals surface area contributed by atoms with Gasteiger partial charge in [0.25, 0.3) is 0 Å². The van der Waals surface area contributed by atoms with Gasteiger partial charge in [-0.1, -0.05) is 0 Å². The molecule has 0 bridgehead atoms. The molecule has 1 aliphatic carbocycles. The zero-order valence-electron chi connectivity index (χ0n) is 8.52. The minimum Gasteiger partial charge on any atom is -0.469 e. The molecule has 0 aromatic carbocycles. The topological polar surface area (TPSA) is 80.7 Å². The molecule has 0 amide bonds. The second-order valence-electron chi connectivity index (χ2n) is 4.45. The number of aliphatic hydroxyl groups is 1. The monoisotopic (exact) mass is 234 g/mol. The molecule has 1 saturated heterocycles. The van der Waals surface area contributed by atoms with Gasteiger partial charge >= 0.3 is 5.97 Å². The highest BCUT2D eigenvalue weighted by Gasteiger charge is 2.67. The number of carbonyl (C=O) groups is 1. The van der Waals surface area contributed by atoms with Crippen LogP contribution >= 0.6 is 0 Å². The average molecular weight is 234 g/mol. The summed E-state index contributed by atoms with van der Waals surface area (Å²) in [5.74, 6) is -0.834. The van der Waals surface area contributed by atoms with Crippen LogP contribution in [0.5, 0.6) is 0 Å². The van der Waals surface area contributed by atoms with Gasteiger partial charge < -0.3 is 9.84 Å². The number of methoxy groups -OCH3 is 1. The number of hydrogen-bond donors (Lipinski definition) is 1. The van der Waals surface area contributed by atoms with E-state index in [2.05, 4.69) is 4.74 Å². The van der Waals surface area contributed by atoms with Crippen LogP contribution in [-0.4, -0.2) is 43.7 Å². The van der Waals surface area contributed by atoms with E-state index >= 15 is 0 Å². The molecule has 1 atom stereocenters. The van der Waals surface area contributed by atoms with Gasteiger partial charge in [-0.3, -0.25) is 4.79 Å². The van der Waals surface area contributed by atoms with E-state index in [1.54, 1.807) is 0 Å². The van der Waals surface area contributed by atoms with Gasteiger partial charge in [0.15, 0.2) is 9.84 Å². The molecule has 0 radical (unpaired) electrons. The Hall–Kier alpha value is -0.620. The van der Waals surface area contributed by atoms with Crippen molar-refractivity contribution in [1.29, 1.82) is 0 Å². The van der Waals surface area contributed by atoms with Gasteiger partial charge in [-0.25, -0.2) is 8.42 Å². The maximum atomic E-state index is 11.5. The minimum atomic E-state index is -3.20. The van der Waals surface area contributed by atoms with Crippen molar-refractivity contribution < 1.29 is 23.1 Å². The lowest BCUT2D eigenvalue weighted by Gasteiger charge is -2.29. The van der Waals surface area contributed by atoms with Crippen LogP contribution in [0, 0.1) is 5.41 Å². The average Bonchev–Trinajstić information content (AvgIpc) is 2.90. The molecular formula is C9H14O5S. The van der Waals surface area contributed by atoms with Crippen molar-refractivity contribution in [2.45, 2.75) is 24.9 Å². The normalized spacial score (nSPS) is 36.1. The lowest BCUT2D eigenvalue weighted by atomic mass is 9.83. The summed E-state index contributed by atoms with van der Waals surface area (Å²) >= 11 is 0. The first-order valence-corrected chi connectivity index (χ1v) is 6.69. The number of carbonyl (C=O) groups excluding carboxylic acids is 1. The van der Waals surface area contributed by atoms with Gasteiger partial charge in [-0.2, -0.15) is 0 Å². The molecule has 2 aliphatic rings. The molecular weight excluding hydrogens is 220 g/mol.